The van der Waals surface area contributed by atoms with Gasteiger partial charge in [-0.15, -0.1) is 11.8 Å². The van der Waals surface area contributed by atoms with Gasteiger partial charge in [0.15, 0.2) is 11.5 Å². The summed E-state index contributed by atoms with van der Waals surface area (Å²) in [5.41, 5.74) is 1.71. The maximum Gasteiger partial charge on any atom is 0.238 e. The summed E-state index contributed by atoms with van der Waals surface area (Å²) in [7, 11) is 0. The van der Waals surface area contributed by atoms with Gasteiger partial charge in [-0.05, 0) is 50.6 Å². The molecule has 2 N–H and O–H groups in total. The van der Waals surface area contributed by atoms with Crippen molar-refractivity contribution < 1.29 is 19.1 Å². The average Bonchev–Trinajstić information content (AvgIpc) is 2.70. The fourth-order valence-electron chi connectivity index (χ4n) is 3.12. The third kappa shape index (κ3) is 5.23. The summed E-state index contributed by atoms with van der Waals surface area (Å²) < 4.78 is 11.2. The van der Waals surface area contributed by atoms with Crippen LogP contribution in [0.15, 0.2) is 47.4 Å². The van der Waals surface area contributed by atoms with E-state index in [-0.39, 0.29) is 24.3 Å². The van der Waals surface area contributed by atoms with E-state index in [0.29, 0.717) is 24.7 Å². The minimum atomic E-state index is -0.448. The maximum atomic E-state index is 12.6. The maximum absolute atomic E-state index is 12.6. The molecule has 0 unspecified atom stereocenters. The van der Waals surface area contributed by atoms with Crippen LogP contribution in [0.2, 0.25) is 0 Å². The number of rotatable bonds is 8. The SMILES string of the molecule is CCOc1ccc([C@H](C)NC(=O)C[C@H]2Sc3ccccc3NC2=O)cc1OCC. The highest BCUT2D eigenvalue weighted by Crippen LogP contribution is 2.36. The van der Waals surface area contributed by atoms with Gasteiger partial charge in [0, 0.05) is 11.3 Å². The molecule has 2 atom stereocenters. The van der Waals surface area contributed by atoms with Gasteiger partial charge in [-0.2, -0.15) is 0 Å². The molecule has 6 nitrogen and oxygen atoms in total. The molecule has 0 spiro atoms. The molecule has 2 aromatic rings. The molecule has 1 aliphatic heterocycles. The number of carbonyl (C=O) groups excluding carboxylic acids is 2. The number of amides is 2. The van der Waals surface area contributed by atoms with E-state index in [2.05, 4.69) is 10.6 Å². The zero-order valence-corrected chi connectivity index (χ0v) is 17.7. The number of para-hydroxylation sites is 1. The van der Waals surface area contributed by atoms with E-state index in [9.17, 15) is 9.59 Å². The van der Waals surface area contributed by atoms with Crippen molar-refractivity contribution >= 4 is 29.3 Å². The van der Waals surface area contributed by atoms with Crippen LogP contribution in [0.4, 0.5) is 5.69 Å². The number of anilines is 1. The zero-order valence-electron chi connectivity index (χ0n) is 16.9. The molecule has 0 saturated carbocycles. The first-order chi connectivity index (χ1) is 14.0. The molecule has 0 aliphatic carbocycles. The van der Waals surface area contributed by atoms with Gasteiger partial charge in [-0.3, -0.25) is 9.59 Å². The van der Waals surface area contributed by atoms with Crippen molar-refractivity contribution in [2.75, 3.05) is 18.5 Å². The highest BCUT2D eigenvalue weighted by molar-refractivity contribution is 8.01. The molecule has 2 amide bonds. The monoisotopic (exact) mass is 414 g/mol. The van der Waals surface area contributed by atoms with Crippen molar-refractivity contribution in [1.82, 2.24) is 5.32 Å². The fraction of sp³-hybridized carbons (Fsp3) is 0.364. The molecule has 0 radical (unpaired) electrons. The van der Waals surface area contributed by atoms with Gasteiger partial charge in [-0.25, -0.2) is 0 Å². The van der Waals surface area contributed by atoms with Crippen LogP contribution in [0.25, 0.3) is 0 Å². The van der Waals surface area contributed by atoms with Gasteiger partial charge < -0.3 is 20.1 Å². The van der Waals surface area contributed by atoms with Crippen LogP contribution in [0.1, 0.15) is 38.8 Å². The van der Waals surface area contributed by atoms with Crippen LogP contribution in [-0.4, -0.2) is 30.3 Å². The van der Waals surface area contributed by atoms with Gasteiger partial charge in [0.25, 0.3) is 0 Å². The van der Waals surface area contributed by atoms with E-state index in [1.165, 1.54) is 11.8 Å². The van der Waals surface area contributed by atoms with Crippen LogP contribution in [0.3, 0.4) is 0 Å². The second-order valence-electron chi connectivity index (χ2n) is 6.66. The number of fused-ring (bicyclic) bond motifs is 1. The molecular weight excluding hydrogens is 388 g/mol. The zero-order chi connectivity index (χ0) is 20.8. The average molecular weight is 415 g/mol. The summed E-state index contributed by atoms with van der Waals surface area (Å²) >= 11 is 1.42. The van der Waals surface area contributed by atoms with E-state index in [4.69, 9.17) is 9.47 Å². The summed E-state index contributed by atoms with van der Waals surface area (Å²) in [5, 5.41) is 5.40. The van der Waals surface area contributed by atoms with E-state index in [1.807, 2.05) is 63.2 Å². The van der Waals surface area contributed by atoms with Gasteiger partial charge in [-0.1, -0.05) is 18.2 Å². The summed E-state index contributed by atoms with van der Waals surface area (Å²) in [4.78, 5) is 25.9. The van der Waals surface area contributed by atoms with Crippen LogP contribution >= 0.6 is 11.8 Å². The molecule has 7 heteroatoms. The van der Waals surface area contributed by atoms with Crippen molar-refractivity contribution in [1.29, 1.82) is 0 Å². The van der Waals surface area contributed by atoms with E-state index >= 15 is 0 Å². The first kappa shape index (κ1) is 21.0. The second-order valence-corrected chi connectivity index (χ2v) is 7.90. The Morgan fingerprint density at radius 1 is 1.14 bits per heavy atom. The molecule has 0 bridgehead atoms. The van der Waals surface area contributed by atoms with Crippen LogP contribution in [-0.2, 0) is 9.59 Å². The molecule has 1 heterocycles. The molecule has 3 rings (SSSR count). The smallest absolute Gasteiger partial charge is 0.238 e. The van der Waals surface area contributed by atoms with Crippen LogP contribution in [0.5, 0.6) is 11.5 Å². The highest BCUT2D eigenvalue weighted by Gasteiger charge is 2.29. The Hall–Kier alpha value is -2.67. The molecule has 0 saturated heterocycles. The van der Waals surface area contributed by atoms with Gasteiger partial charge in [0.1, 0.15) is 0 Å². The number of hydrogen-bond donors (Lipinski definition) is 2. The predicted octanol–water partition coefficient (Wildman–Crippen LogP) is 4.16. The Bertz CT molecular complexity index is 887. The fourth-order valence-corrected chi connectivity index (χ4v) is 4.23. The second kappa shape index (κ2) is 9.69. The van der Waals surface area contributed by atoms with E-state index in [1.54, 1.807) is 0 Å². The van der Waals surface area contributed by atoms with Gasteiger partial charge in [0.2, 0.25) is 11.8 Å². The number of hydrogen-bond acceptors (Lipinski definition) is 5. The number of thioether (sulfide) groups is 1. The number of carbonyl (C=O) groups is 2. The molecule has 1 aliphatic rings. The standard InChI is InChI=1S/C22H26N2O4S/c1-4-27-17-11-10-15(12-18(17)28-5-2)14(3)23-21(25)13-20-22(26)24-16-8-6-7-9-19(16)29-20/h6-12,14,20H,4-5,13H2,1-3H3,(H,23,25)(H,24,26)/t14-,20+/m0/s1. The lowest BCUT2D eigenvalue weighted by Gasteiger charge is -2.24. The molecule has 0 aromatic heterocycles. The normalized spacial score (nSPS) is 16.4. The largest absolute Gasteiger partial charge is 0.490 e. The molecule has 2 aromatic carbocycles. The number of ether oxygens (including phenoxy) is 2. The third-order valence-electron chi connectivity index (χ3n) is 4.52. The van der Waals surface area contributed by atoms with Crippen molar-refractivity contribution in [3.8, 4) is 11.5 Å². The van der Waals surface area contributed by atoms with E-state index < -0.39 is 5.25 Å². The van der Waals surface area contributed by atoms with Crippen LogP contribution in [0, 0.1) is 0 Å². The lowest BCUT2D eigenvalue weighted by atomic mass is 10.1. The lowest BCUT2D eigenvalue weighted by Crippen LogP contribution is -2.35. The Morgan fingerprint density at radius 2 is 1.86 bits per heavy atom. The summed E-state index contributed by atoms with van der Waals surface area (Å²) in [6.45, 7) is 6.82. The topological polar surface area (TPSA) is 76.7 Å². The van der Waals surface area contributed by atoms with Crippen LogP contribution < -0.4 is 20.1 Å². The van der Waals surface area contributed by atoms with Crippen molar-refractivity contribution in [3.05, 3.63) is 48.0 Å². The summed E-state index contributed by atoms with van der Waals surface area (Å²) in [5.74, 6) is 1.03. The minimum Gasteiger partial charge on any atom is -0.490 e. The summed E-state index contributed by atoms with van der Waals surface area (Å²) in [6, 6.07) is 13.0. The molecule has 154 valence electrons. The van der Waals surface area contributed by atoms with Crippen molar-refractivity contribution in [3.63, 3.8) is 0 Å². The van der Waals surface area contributed by atoms with Gasteiger partial charge in [0.05, 0.1) is 30.2 Å². The Kier molecular flexibility index (Phi) is 7.04. The molecule has 0 fully saturated rings. The summed E-state index contributed by atoms with van der Waals surface area (Å²) in [6.07, 6.45) is 0.116. The highest BCUT2D eigenvalue weighted by atomic mass is 32.2. The molecule has 29 heavy (non-hydrogen) atoms. The third-order valence-corrected chi connectivity index (χ3v) is 5.80. The van der Waals surface area contributed by atoms with Crippen molar-refractivity contribution in [2.24, 2.45) is 0 Å². The first-order valence-electron chi connectivity index (χ1n) is 9.77. The lowest BCUT2D eigenvalue weighted by molar-refractivity contribution is -0.124. The minimum absolute atomic E-state index is 0.116. The Labute approximate surface area is 175 Å². The van der Waals surface area contributed by atoms with Crippen molar-refractivity contribution in [2.45, 2.75) is 43.4 Å². The quantitative estimate of drug-likeness (QED) is 0.678. The van der Waals surface area contributed by atoms with E-state index in [0.717, 1.165) is 16.1 Å². The molecular formula is C22H26N2O4S. The first-order valence-corrected chi connectivity index (χ1v) is 10.6. The number of benzene rings is 2. The van der Waals surface area contributed by atoms with Gasteiger partial charge >= 0.3 is 0 Å². The Morgan fingerprint density at radius 3 is 2.62 bits per heavy atom. The Balaban J connectivity index is 1.63. The number of nitrogens with one attached hydrogen (secondary N) is 2. The predicted molar refractivity (Wildman–Crippen MR) is 115 cm³/mol.